The van der Waals surface area contributed by atoms with Gasteiger partial charge in [-0.15, -0.1) is 10.2 Å². The van der Waals surface area contributed by atoms with Crippen LogP contribution in [0.4, 0.5) is 5.13 Å². The molecule has 3 aromatic rings. The van der Waals surface area contributed by atoms with Crippen LogP contribution in [0.15, 0.2) is 60.7 Å². The van der Waals surface area contributed by atoms with Crippen molar-refractivity contribution in [2.45, 2.75) is 31.7 Å². The highest BCUT2D eigenvalue weighted by Crippen LogP contribution is 2.34. The molecule has 0 spiro atoms. The van der Waals surface area contributed by atoms with Crippen LogP contribution in [0.5, 0.6) is 0 Å². The predicted molar refractivity (Wildman–Crippen MR) is 105 cm³/mol. The lowest BCUT2D eigenvalue weighted by Gasteiger charge is -2.21. The quantitative estimate of drug-likeness (QED) is 0.693. The zero-order valence-electron chi connectivity index (χ0n) is 14.8. The number of nitrogens with one attached hydrogen (secondary N) is 1. The molecule has 0 bridgehead atoms. The third kappa shape index (κ3) is 4.15. The van der Waals surface area contributed by atoms with Crippen LogP contribution < -0.4 is 11.1 Å². The number of carbonyl (C=O) groups is 1. The second-order valence-electron chi connectivity index (χ2n) is 6.67. The van der Waals surface area contributed by atoms with Crippen LogP contribution >= 0.6 is 11.3 Å². The highest BCUT2D eigenvalue weighted by atomic mass is 32.1. The summed E-state index contributed by atoms with van der Waals surface area (Å²) in [6, 6.07) is 19.4. The Balaban J connectivity index is 1.66. The van der Waals surface area contributed by atoms with E-state index in [4.69, 9.17) is 5.73 Å². The highest BCUT2D eigenvalue weighted by Gasteiger charge is 2.27. The van der Waals surface area contributed by atoms with Crippen LogP contribution in [-0.4, -0.2) is 16.1 Å². The van der Waals surface area contributed by atoms with Crippen LogP contribution in [0, 0.1) is 0 Å². The van der Waals surface area contributed by atoms with Gasteiger partial charge in [0.2, 0.25) is 11.0 Å². The maximum atomic E-state index is 12.3. The van der Waals surface area contributed by atoms with Gasteiger partial charge in [0, 0.05) is 17.9 Å². The number of hydrogen-bond acceptors (Lipinski definition) is 5. The lowest BCUT2D eigenvalue weighted by atomic mass is 9.85. The number of nitrogens with two attached hydrogens (primary N) is 1. The number of aromatic nitrogens is 2. The van der Waals surface area contributed by atoms with Gasteiger partial charge in [-0.2, -0.15) is 0 Å². The first kappa shape index (κ1) is 18.2. The molecule has 1 atom stereocenters. The molecule has 0 aliphatic rings. The van der Waals surface area contributed by atoms with Gasteiger partial charge in [-0.1, -0.05) is 72.0 Å². The van der Waals surface area contributed by atoms with Gasteiger partial charge in [-0.05, 0) is 25.0 Å². The van der Waals surface area contributed by atoms with E-state index in [0.29, 0.717) is 5.13 Å². The molecular weight excluding hydrogens is 344 g/mol. The largest absolute Gasteiger partial charge is 0.324 e. The third-order valence-corrected chi connectivity index (χ3v) is 5.50. The van der Waals surface area contributed by atoms with Crippen molar-refractivity contribution in [3.8, 4) is 0 Å². The number of carbonyl (C=O) groups excluding carboxylic acids is 1. The fourth-order valence-corrected chi connectivity index (χ4v) is 3.58. The molecule has 0 saturated heterocycles. The van der Waals surface area contributed by atoms with Gasteiger partial charge in [0.1, 0.15) is 5.01 Å². The van der Waals surface area contributed by atoms with E-state index in [1.165, 1.54) is 11.3 Å². The van der Waals surface area contributed by atoms with Gasteiger partial charge in [0.15, 0.2) is 0 Å². The third-order valence-electron chi connectivity index (χ3n) is 4.33. The summed E-state index contributed by atoms with van der Waals surface area (Å²) in [5.41, 5.74) is 7.92. The van der Waals surface area contributed by atoms with Crippen LogP contribution in [0.2, 0.25) is 0 Å². The van der Waals surface area contributed by atoms with Crippen molar-refractivity contribution < 1.29 is 4.79 Å². The standard InChI is InChI=1S/C20H22N4OS/c1-20(2,15-11-7-4-8-12-15)18-23-24-19(26-18)22-17(25)13-16(21)14-9-5-3-6-10-14/h3-12,16H,13,21H2,1-2H3,(H,22,24,25). The van der Waals surface area contributed by atoms with Crippen molar-refractivity contribution in [3.05, 3.63) is 76.8 Å². The van der Waals surface area contributed by atoms with E-state index in [2.05, 4.69) is 41.5 Å². The molecule has 3 rings (SSSR count). The van der Waals surface area contributed by atoms with Crippen molar-refractivity contribution in [1.82, 2.24) is 10.2 Å². The lowest BCUT2D eigenvalue weighted by molar-refractivity contribution is -0.116. The van der Waals surface area contributed by atoms with Gasteiger partial charge < -0.3 is 11.1 Å². The van der Waals surface area contributed by atoms with Crippen molar-refractivity contribution in [1.29, 1.82) is 0 Å². The number of hydrogen-bond donors (Lipinski definition) is 2. The number of nitrogens with zero attached hydrogens (tertiary/aromatic N) is 2. The van der Waals surface area contributed by atoms with Gasteiger partial charge in [-0.3, -0.25) is 4.79 Å². The zero-order valence-corrected chi connectivity index (χ0v) is 15.7. The Kier molecular flexibility index (Phi) is 5.44. The van der Waals surface area contributed by atoms with Gasteiger partial charge in [-0.25, -0.2) is 0 Å². The minimum Gasteiger partial charge on any atom is -0.324 e. The first-order chi connectivity index (χ1) is 12.5. The molecule has 134 valence electrons. The van der Waals surface area contributed by atoms with Crippen molar-refractivity contribution in [2.24, 2.45) is 5.73 Å². The summed E-state index contributed by atoms with van der Waals surface area (Å²) in [6.07, 6.45) is 0.195. The summed E-state index contributed by atoms with van der Waals surface area (Å²) in [4.78, 5) is 12.3. The molecule has 2 aromatic carbocycles. The Hall–Kier alpha value is -2.57. The molecule has 0 fully saturated rings. The van der Waals surface area contributed by atoms with Gasteiger partial charge >= 0.3 is 0 Å². The van der Waals surface area contributed by atoms with E-state index in [1.54, 1.807) is 0 Å². The number of rotatable bonds is 6. The number of anilines is 1. The average molecular weight is 366 g/mol. The number of benzene rings is 2. The first-order valence-corrected chi connectivity index (χ1v) is 9.28. The molecule has 1 aromatic heterocycles. The molecule has 1 unspecified atom stereocenters. The zero-order chi connectivity index (χ0) is 18.6. The van der Waals surface area contributed by atoms with Crippen molar-refractivity contribution in [2.75, 3.05) is 5.32 Å². The summed E-state index contributed by atoms with van der Waals surface area (Å²) in [6.45, 7) is 4.19. The molecule has 1 amide bonds. The van der Waals surface area contributed by atoms with E-state index in [9.17, 15) is 4.79 Å². The van der Waals surface area contributed by atoms with Crippen LogP contribution in [-0.2, 0) is 10.2 Å². The molecule has 1 heterocycles. The summed E-state index contributed by atoms with van der Waals surface area (Å²) in [5.74, 6) is -0.165. The minimum absolute atomic E-state index is 0.165. The summed E-state index contributed by atoms with van der Waals surface area (Å²) in [7, 11) is 0. The van der Waals surface area contributed by atoms with Crippen LogP contribution in [0.1, 0.15) is 42.4 Å². The van der Waals surface area contributed by atoms with E-state index >= 15 is 0 Å². The lowest BCUT2D eigenvalue weighted by Crippen LogP contribution is -2.20. The minimum atomic E-state index is -0.343. The molecule has 0 radical (unpaired) electrons. The average Bonchev–Trinajstić information content (AvgIpc) is 3.12. The number of amides is 1. The molecule has 0 aliphatic heterocycles. The Morgan fingerprint density at radius 3 is 2.35 bits per heavy atom. The smallest absolute Gasteiger partial charge is 0.228 e. The fraction of sp³-hybridized carbons (Fsp3) is 0.250. The van der Waals surface area contributed by atoms with E-state index in [0.717, 1.165) is 16.1 Å². The molecule has 0 saturated carbocycles. The second-order valence-corrected chi connectivity index (χ2v) is 7.65. The first-order valence-electron chi connectivity index (χ1n) is 8.46. The monoisotopic (exact) mass is 366 g/mol. The molecule has 0 aliphatic carbocycles. The topological polar surface area (TPSA) is 80.9 Å². The normalized spacial score (nSPS) is 12.6. The van der Waals surface area contributed by atoms with E-state index < -0.39 is 0 Å². The highest BCUT2D eigenvalue weighted by molar-refractivity contribution is 7.15. The molecule has 26 heavy (non-hydrogen) atoms. The maximum Gasteiger partial charge on any atom is 0.228 e. The second kappa shape index (κ2) is 7.76. The Morgan fingerprint density at radius 1 is 1.08 bits per heavy atom. The summed E-state index contributed by atoms with van der Waals surface area (Å²) in [5, 5.41) is 12.6. The summed E-state index contributed by atoms with van der Waals surface area (Å²) < 4.78 is 0. The van der Waals surface area contributed by atoms with Gasteiger partial charge in [0.25, 0.3) is 0 Å². The Morgan fingerprint density at radius 2 is 1.69 bits per heavy atom. The van der Waals surface area contributed by atoms with E-state index in [-0.39, 0.29) is 23.8 Å². The van der Waals surface area contributed by atoms with Crippen molar-refractivity contribution >= 4 is 22.4 Å². The van der Waals surface area contributed by atoms with Crippen LogP contribution in [0.3, 0.4) is 0 Å². The summed E-state index contributed by atoms with van der Waals surface area (Å²) >= 11 is 1.39. The molecule has 3 N–H and O–H groups in total. The Labute approximate surface area is 157 Å². The van der Waals surface area contributed by atoms with Gasteiger partial charge in [0.05, 0.1) is 0 Å². The van der Waals surface area contributed by atoms with Crippen molar-refractivity contribution in [3.63, 3.8) is 0 Å². The van der Waals surface area contributed by atoms with E-state index in [1.807, 2.05) is 48.5 Å². The Bertz CT molecular complexity index is 862. The molecule has 6 heteroatoms. The molecular formula is C20H22N4OS. The predicted octanol–water partition coefficient (Wildman–Crippen LogP) is 3.89. The van der Waals surface area contributed by atoms with Crippen LogP contribution in [0.25, 0.3) is 0 Å². The molecule has 5 nitrogen and oxygen atoms in total. The fourth-order valence-electron chi connectivity index (χ4n) is 2.69. The maximum absolute atomic E-state index is 12.3. The SMILES string of the molecule is CC(C)(c1ccccc1)c1nnc(NC(=O)CC(N)c2ccccc2)s1.